The lowest BCUT2D eigenvalue weighted by molar-refractivity contribution is 0.404. The van der Waals surface area contributed by atoms with Gasteiger partial charge in [0.1, 0.15) is 17.1 Å². The number of hydrogen-bond donors (Lipinski definition) is 1. The number of ether oxygens (including phenoxy) is 1. The summed E-state index contributed by atoms with van der Waals surface area (Å²) in [5.41, 5.74) is 1.26. The van der Waals surface area contributed by atoms with E-state index in [1.165, 1.54) is 19.2 Å². The minimum Gasteiger partial charge on any atom is -0.507 e. The van der Waals surface area contributed by atoms with Crippen LogP contribution < -0.4 is 10.4 Å². The molecule has 1 aromatic heterocycles. The first-order valence-corrected chi connectivity index (χ1v) is 5.52. The molecule has 0 aliphatic carbocycles. The van der Waals surface area contributed by atoms with Crippen molar-refractivity contribution in [2.45, 2.75) is 13.3 Å². The summed E-state index contributed by atoms with van der Waals surface area (Å²) in [6, 6.07) is 2.84. The minimum absolute atomic E-state index is 0.0352. The van der Waals surface area contributed by atoms with E-state index >= 15 is 0 Å². The Morgan fingerprint density at radius 2 is 2.22 bits per heavy atom. The van der Waals surface area contributed by atoms with Crippen LogP contribution in [0.3, 0.4) is 0 Å². The zero-order valence-corrected chi connectivity index (χ0v) is 10.3. The zero-order valence-electron chi connectivity index (χ0n) is 10.3. The Hall–Kier alpha value is -2.23. The third kappa shape index (κ3) is 1.86. The first-order chi connectivity index (χ1) is 8.58. The number of hydrogen-bond acceptors (Lipinski definition) is 4. The smallest absolute Gasteiger partial charge is 0.336 e. The van der Waals surface area contributed by atoms with Crippen molar-refractivity contribution in [2.24, 2.45) is 0 Å². The molecule has 4 heteroatoms. The van der Waals surface area contributed by atoms with Gasteiger partial charge in [-0.05, 0) is 18.9 Å². The van der Waals surface area contributed by atoms with E-state index in [9.17, 15) is 9.90 Å². The third-order valence-electron chi connectivity index (χ3n) is 2.82. The fourth-order valence-electron chi connectivity index (χ4n) is 2.07. The van der Waals surface area contributed by atoms with Gasteiger partial charge in [-0.25, -0.2) is 4.79 Å². The van der Waals surface area contributed by atoms with E-state index in [1.807, 2.05) is 0 Å². The summed E-state index contributed by atoms with van der Waals surface area (Å²) in [5, 5.41) is 10.6. The molecule has 0 fully saturated rings. The van der Waals surface area contributed by atoms with Crippen molar-refractivity contribution in [2.75, 3.05) is 7.11 Å². The highest BCUT2D eigenvalue weighted by molar-refractivity contribution is 5.90. The Kier molecular flexibility index (Phi) is 3.10. The number of aromatic hydroxyl groups is 1. The number of phenolic OH excluding ortho intramolecular Hbond substituents is 1. The Morgan fingerprint density at radius 1 is 1.50 bits per heavy atom. The van der Waals surface area contributed by atoms with Gasteiger partial charge in [0, 0.05) is 17.7 Å². The Bertz CT molecular complexity index is 668. The molecule has 94 valence electrons. The lowest BCUT2D eigenvalue weighted by atomic mass is 10.0. The van der Waals surface area contributed by atoms with Crippen LogP contribution in [0.15, 0.2) is 34.0 Å². The fraction of sp³-hybridized carbons (Fsp3) is 0.214. The van der Waals surface area contributed by atoms with Gasteiger partial charge in [-0.1, -0.05) is 6.08 Å². The Morgan fingerprint density at radius 3 is 2.83 bits per heavy atom. The van der Waals surface area contributed by atoms with Crippen LogP contribution in [-0.4, -0.2) is 12.2 Å². The summed E-state index contributed by atoms with van der Waals surface area (Å²) in [7, 11) is 1.52. The molecule has 0 aliphatic rings. The van der Waals surface area contributed by atoms with Gasteiger partial charge in [0.05, 0.1) is 12.5 Å². The molecule has 0 radical (unpaired) electrons. The van der Waals surface area contributed by atoms with Crippen molar-refractivity contribution >= 4 is 11.0 Å². The second kappa shape index (κ2) is 4.56. The van der Waals surface area contributed by atoms with Crippen LogP contribution in [-0.2, 0) is 6.42 Å². The predicted octanol–water partition coefficient (Wildman–Crippen LogP) is 2.54. The van der Waals surface area contributed by atoms with Gasteiger partial charge in [-0.3, -0.25) is 0 Å². The molecular formula is C14H14O4. The predicted molar refractivity (Wildman–Crippen MR) is 69.3 cm³/mol. The molecule has 1 N–H and O–H groups in total. The number of methoxy groups -OCH3 is 1. The molecule has 0 aliphatic heterocycles. The van der Waals surface area contributed by atoms with Crippen molar-refractivity contribution in [3.8, 4) is 11.5 Å². The molecule has 0 unspecified atom stereocenters. The number of rotatable bonds is 3. The van der Waals surface area contributed by atoms with Gasteiger partial charge in [-0.15, -0.1) is 6.58 Å². The molecule has 0 saturated heterocycles. The van der Waals surface area contributed by atoms with E-state index in [0.717, 1.165) is 5.56 Å². The first kappa shape index (κ1) is 12.2. The number of allylic oxidation sites excluding steroid dienone is 1. The second-order valence-corrected chi connectivity index (χ2v) is 4.02. The first-order valence-electron chi connectivity index (χ1n) is 5.52. The van der Waals surface area contributed by atoms with Crippen LogP contribution in [0.25, 0.3) is 11.0 Å². The van der Waals surface area contributed by atoms with E-state index in [0.29, 0.717) is 28.7 Å². The largest absolute Gasteiger partial charge is 0.507 e. The Labute approximate surface area is 104 Å². The quantitative estimate of drug-likeness (QED) is 0.668. The van der Waals surface area contributed by atoms with E-state index in [-0.39, 0.29) is 5.75 Å². The summed E-state index contributed by atoms with van der Waals surface area (Å²) < 4.78 is 10.4. The van der Waals surface area contributed by atoms with Crippen LogP contribution in [0.4, 0.5) is 0 Å². The molecule has 4 nitrogen and oxygen atoms in total. The summed E-state index contributed by atoms with van der Waals surface area (Å²) in [6.07, 6.45) is 2.15. The van der Waals surface area contributed by atoms with Crippen molar-refractivity contribution in [3.63, 3.8) is 0 Å². The van der Waals surface area contributed by atoms with Crippen LogP contribution >= 0.6 is 0 Å². The van der Waals surface area contributed by atoms with Crippen LogP contribution in [0.5, 0.6) is 11.5 Å². The molecule has 1 heterocycles. The molecule has 0 atom stereocenters. The maximum Gasteiger partial charge on any atom is 0.336 e. The maximum absolute atomic E-state index is 11.3. The van der Waals surface area contributed by atoms with Crippen molar-refractivity contribution < 1.29 is 14.3 Å². The average molecular weight is 246 g/mol. The number of aryl methyl sites for hydroxylation is 1. The summed E-state index contributed by atoms with van der Waals surface area (Å²) in [6.45, 7) is 5.45. The van der Waals surface area contributed by atoms with Crippen LogP contribution in [0.2, 0.25) is 0 Å². The molecular weight excluding hydrogens is 232 g/mol. The molecule has 0 spiro atoms. The molecule has 0 saturated carbocycles. The highest BCUT2D eigenvalue weighted by Gasteiger charge is 2.16. The van der Waals surface area contributed by atoms with E-state index in [4.69, 9.17) is 9.15 Å². The van der Waals surface area contributed by atoms with Gasteiger partial charge in [0.15, 0.2) is 0 Å². The molecule has 18 heavy (non-hydrogen) atoms. The summed E-state index contributed by atoms with van der Waals surface area (Å²) in [5.74, 6) is 0.555. The molecule has 2 aromatic rings. The van der Waals surface area contributed by atoms with Crippen molar-refractivity contribution in [1.82, 2.24) is 0 Å². The normalized spacial score (nSPS) is 10.6. The lowest BCUT2D eigenvalue weighted by Crippen LogP contribution is -2.01. The number of phenols is 1. The van der Waals surface area contributed by atoms with Crippen LogP contribution in [0, 0.1) is 6.92 Å². The van der Waals surface area contributed by atoms with Crippen molar-refractivity contribution in [3.05, 3.63) is 46.3 Å². The van der Waals surface area contributed by atoms with Gasteiger partial charge >= 0.3 is 5.63 Å². The average Bonchev–Trinajstić information content (AvgIpc) is 2.30. The van der Waals surface area contributed by atoms with Crippen LogP contribution in [0.1, 0.15) is 11.1 Å². The van der Waals surface area contributed by atoms with Gasteiger partial charge in [0.2, 0.25) is 0 Å². The fourth-order valence-corrected chi connectivity index (χ4v) is 2.07. The lowest BCUT2D eigenvalue weighted by Gasteiger charge is -2.13. The standard InChI is InChI=1S/C14H14O4/c1-4-5-9-10(15)7-11-13(14(9)17-3)8(2)6-12(16)18-11/h4,6-7,15H,1,5H2,2-3H3. The van der Waals surface area contributed by atoms with E-state index in [1.54, 1.807) is 13.0 Å². The zero-order chi connectivity index (χ0) is 13.3. The SMILES string of the molecule is C=CCc1c(O)cc2oc(=O)cc(C)c2c1OC. The summed E-state index contributed by atoms with van der Waals surface area (Å²) in [4.78, 5) is 11.3. The highest BCUT2D eigenvalue weighted by Crippen LogP contribution is 2.37. The van der Waals surface area contributed by atoms with Gasteiger partial charge in [0.25, 0.3) is 0 Å². The van der Waals surface area contributed by atoms with E-state index < -0.39 is 5.63 Å². The van der Waals surface area contributed by atoms with E-state index in [2.05, 4.69) is 6.58 Å². The van der Waals surface area contributed by atoms with Crippen molar-refractivity contribution in [1.29, 1.82) is 0 Å². The highest BCUT2D eigenvalue weighted by atomic mass is 16.5. The Balaban J connectivity index is 2.93. The maximum atomic E-state index is 11.3. The molecule has 2 rings (SSSR count). The topological polar surface area (TPSA) is 59.7 Å². The van der Waals surface area contributed by atoms with Gasteiger partial charge < -0.3 is 14.3 Å². The molecule has 0 bridgehead atoms. The second-order valence-electron chi connectivity index (χ2n) is 4.02. The summed E-state index contributed by atoms with van der Waals surface area (Å²) >= 11 is 0. The number of benzene rings is 1. The number of fused-ring (bicyclic) bond motifs is 1. The third-order valence-corrected chi connectivity index (χ3v) is 2.82. The van der Waals surface area contributed by atoms with Gasteiger partial charge in [-0.2, -0.15) is 0 Å². The minimum atomic E-state index is -0.446. The monoisotopic (exact) mass is 246 g/mol. The molecule has 0 amide bonds. The molecule has 1 aromatic carbocycles.